The summed E-state index contributed by atoms with van der Waals surface area (Å²) in [4.78, 5) is 18.4. The Balaban J connectivity index is 1.52. The first-order chi connectivity index (χ1) is 16.5. The Morgan fingerprint density at radius 1 is 1.08 bits per heavy atom. The molecule has 1 atom stereocenters. The number of oxime groups is 1. The van der Waals surface area contributed by atoms with Crippen LogP contribution in [-0.4, -0.2) is 46.7 Å². The molecular weight excluding hydrogens is 527 g/mol. The van der Waals surface area contributed by atoms with Crippen molar-refractivity contribution in [1.29, 1.82) is 0 Å². The van der Waals surface area contributed by atoms with E-state index in [4.69, 9.17) is 32.8 Å². The number of ether oxygens (including phenoxy) is 1. The molecule has 2 aliphatic heterocycles. The molecule has 1 unspecified atom stereocenters. The Hall–Kier alpha value is -2.56. The Morgan fingerprint density at radius 3 is 2.14 bits per heavy atom. The fourth-order valence-electron chi connectivity index (χ4n) is 4.04. The molecule has 1 amide bonds. The van der Waals surface area contributed by atoms with E-state index in [1.165, 1.54) is 17.0 Å². The lowest BCUT2D eigenvalue weighted by molar-refractivity contribution is -0.275. The summed E-state index contributed by atoms with van der Waals surface area (Å²) in [5.41, 5.74) is -4.57. The van der Waals surface area contributed by atoms with Crippen LogP contribution in [0.1, 0.15) is 43.9 Å². The van der Waals surface area contributed by atoms with Crippen LogP contribution in [0.25, 0.3) is 0 Å². The van der Waals surface area contributed by atoms with Gasteiger partial charge in [-0.15, -0.1) is 0 Å². The Kier molecular flexibility index (Phi) is 6.46. The molecule has 194 valence electrons. The molecule has 0 aliphatic carbocycles. The second-order valence-corrected chi connectivity index (χ2v) is 10.6. The van der Waals surface area contributed by atoms with Crippen molar-refractivity contribution in [2.75, 3.05) is 13.1 Å². The number of aliphatic hydroxyl groups is 1. The van der Waals surface area contributed by atoms with Crippen molar-refractivity contribution in [2.24, 2.45) is 5.16 Å². The molecule has 0 spiro atoms. The second kappa shape index (κ2) is 8.78. The minimum absolute atomic E-state index is 0.00794. The van der Waals surface area contributed by atoms with Crippen molar-refractivity contribution >= 4 is 35.0 Å². The Morgan fingerprint density at radius 2 is 1.64 bits per heavy atom. The van der Waals surface area contributed by atoms with Crippen molar-refractivity contribution in [2.45, 2.75) is 50.2 Å². The molecule has 0 radical (unpaired) electrons. The number of rotatable bonds is 3. The third-order valence-electron chi connectivity index (χ3n) is 5.95. The van der Waals surface area contributed by atoms with Gasteiger partial charge >= 0.3 is 12.3 Å². The van der Waals surface area contributed by atoms with Gasteiger partial charge in [0.05, 0.1) is 28.8 Å². The average molecular weight is 549 g/mol. The summed E-state index contributed by atoms with van der Waals surface area (Å²) in [6.07, 6.45) is -6.18. The number of hydrogen-bond donors (Lipinski definition) is 1. The number of carbonyl (C=O) groups is 1. The van der Waals surface area contributed by atoms with Crippen molar-refractivity contribution in [3.63, 3.8) is 0 Å². The number of β-amino-alcohol motifs (C(OH)–C–C–N with tert-alkyl or cyclic N) is 1. The van der Waals surface area contributed by atoms with Gasteiger partial charge in [0.1, 0.15) is 11.2 Å². The van der Waals surface area contributed by atoms with Gasteiger partial charge in [-0.1, -0.05) is 52.6 Å². The average Bonchev–Trinajstić information content (AvgIpc) is 3.21. The topological polar surface area (TPSA) is 71.4 Å². The minimum atomic E-state index is -4.92. The van der Waals surface area contributed by atoms with Gasteiger partial charge in [0.25, 0.3) is 5.60 Å². The summed E-state index contributed by atoms with van der Waals surface area (Å²) in [6, 6.07) is 7.74. The third kappa shape index (κ3) is 4.73. The number of halogens is 6. The summed E-state index contributed by atoms with van der Waals surface area (Å²) in [5.74, 6) is -1.03. The Labute approximate surface area is 214 Å². The van der Waals surface area contributed by atoms with E-state index in [1.807, 2.05) is 0 Å². The van der Waals surface area contributed by atoms with Gasteiger partial charge < -0.3 is 19.6 Å². The molecule has 2 aromatic carbocycles. The SMILES string of the molecule is CC(C)(C)OC(=O)N1CC(O)(c2ccc(C3=NOC(c4cc(Cl)c(F)c(Cl)c4)(C(F)(F)F)C3)cc2)C1. The number of amides is 1. The van der Waals surface area contributed by atoms with E-state index in [1.54, 1.807) is 32.9 Å². The molecule has 1 saturated heterocycles. The maximum atomic E-state index is 14.2. The molecule has 4 rings (SSSR count). The summed E-state index contributed by atoms with van der Waals surface area (Å²) in [5, 5.41) is 13.4. The lowest BCUT2D eigenvalue weighted by Gasteiger charge is -2.46. The van der Waals surface area contributed by atoms with Crippen LogP contribution in [0, 0.1) is 5.82 Å². The van der Waals surface area contributed by atoms with Crippen molar-refractivity contribution in [3.05, 3.63) is 69.0 Å². The zero-order valence-electron chi connectivity index (χ0n) is 19.4. The highest BCUT2D eigenvalue weighted by atomic mass is 35.5. The van der Waals surface area contributed by atoms with Crippen LogP contribution in [0.5, 0.6) is 0 Å². The van der Waals surface area contributed by atoms with Gasteiger partial charge in [-0.3, -0.25) is 0 Å². The fraction of sp³-hybridized carbons (Fsp3) is 0.417. The molecule has 1 fully saturated rings. The van der Waals surface area contributed by atoms with E-state index in [2.05, 4.69) is 5.16 Å². The fourth-order valence-corrected chi connectivity index (χ4v) is 4.53. The lowest BCUT2D eigenvalue weighted by Crippen LogP contribution is -2.61. The van der Waals surface area contributed by atoms with E-state index >= 15 is 0 Å². The van der Waals surface area contributed by atoms with Crippen LogP contribution in [0.15, 0.2) is 41.6 Å². The van der Waals surface area contributed by atoms with E-state index in [0.29, 0.717) is 11.1 Å². The second-order valence-electron chi connectivity index (χ2n) is 9.83. The zero-order valence-corrected chi connectivity index (χ0v) is 20.9. The number of benzene rings is 2. The summed E-state index contributed by atoms with van der Waals surface area (Å²) in [6.45, 7) is 5.22. The standard InChI is InChI=1S/C24H22Cl2F4N2O4/c1-21(2,3)35-20(33)32-11-22(34,12-32)14-6-4-13(5-7-14)18-10-23(36-31-18,24(28,29)30)15-8-16(25)19(27)17(26)9-15/h4-9,34H,10-12H2,1-3H3. The number of carbonyl (C=O) groups excluding carboxylic acids is 1. The van der Waals surface area contributed by atoms with Gasteiger partial charge in [-0.2, -0.15) is 13.2 Å². The molecule has 2 aliphatic rings. The zero-order chi connectivity index (χ0) is 26.7. The van der Waals surface area contributed by atoms with Gasteiger partial charge in [0.15, 0.2) is 5.82 Å². The van der Waals surface area contributed by atoms with Crippen molar-refractivity contribution < 1.29 is 37.0 Å². The maximum absolute atomic E-state index is 14.2. The predicted octanol–water partition coefficient (Wildman–Crippen LogP) is 6.15. The molecule has 6 nitrogen and oxygen atoms in total. The van der Waals surface area contributed by atoms with Crippen molar-refractivity contribution in [1.82, 2.24) is 4.90 Å². The highest BCUT2D eigenvalue weighted by Gasteiger charge is 2.62. The quantitative estimate of drug-likeness (QED) is 0.368. The molecular formula is C24H22Cl2F4N2O4. The van der Waals surface area contributed by atoms with Crippen LogP contribution in [0.2, 0.25) is 10.0 Å². The van der Waals surface area contributed by atoms with Gasteiger partial charge in [-0.25, -0.2) is 9.18 Å². The van der Waals surface area contributed by atoms with Gasteiger partial charge in [0, 0.05) is 12.0 Å². The van der Waals surface area contributed by atoms with E-state index in [0.717, 1.165) is 12.1 Å². The molecule has 0 aromatic heterocycles. The number of hydrogen-bond acceptors (Lipinski definition) is 5. The number of likely N-dealkylation sites (tertiary alicyclic amines) is 1. The molecule has 0 bridgehead atoms. The van der Waals surface area contributed by atoms with Crippen molar-refractivity contribution in [3.8, 4) is 0 Å². The normalized spacial score (nSPS) is 21.5. The highest BCUT2D eigenvalue weighted by Crippen LogP contribution is 2.50. The van der Waals surface area contributed by atoms with Crippen LogP contribution >= 0.6 is 23.2 Å². The molecule has 12 heteroatoms. The van der Waals surface area contributed by atoms with Gasteiger partial charge in [-0.05, 0) is 44.0 Å². The first-order valence-corrected chi connectivity index (χ1v) is 11.6. The number of nitrogens with zero attached hydrogens (tertiary/aromatic N) is 2. The summed E-state index contributed by atoms with van der Waals surface area (Å²) >= 11 is 11.5. The predicted molar refractivity (Wildman–Crippen MR) is 125 cm³/mol. The molecule has 1 N–H and O–H groups in total. The molecule has 2 heterocycles. The molecule has 2 aromatic rings. The first kappa shape index (κ1) is 26.5. The smallest absolute Gasteiger partial charge is 0.435 e. The Bertz CT molecular complexity index is 1200. The lowest BCUT2D eigenvalue weighted by atomic mass is 9.84. The van der Waals surface area contributed by atoms with Crippen LogP contribution < -0.4 is 0 Å². The van der Waals surface area contributed by atoms with E-state index in [9.17, 15) is 27.5 Å². The monoisotopic (exact) mass is 548 g/mol. The first-order valence-electron chi connectivity index (χ1n) is 10.8. The molecule has 0 saturated carbocycles. The number of alkyl halides is 3. The van der Waals surface area contributed by atoms with Crippen LogP contribution in [-0.2, 0) is 20.8 Å². The van der Waals surface area contributed by atoms with Gasteiger partial charge in [0.2, 0.25) is 0 Å². The maximum Gasteiger partial charge on any atom is 0.435 e. The molecule has 36 heavy (non-hydrogen) atoms. The minimum Gasteiger partial charge on any atom is -0.444 e. The summed E-state index contributed by atoms with van der Waals surface area (Å²) in [7, 11) is 0. The summed E-state index contributed by atoms with van der Waals surface area (Å²) < 4.78 is 61.6. The van der Waals surface area contributed by atoms with E-state index in [-0.39, 0.29) is 18.8 Å². The van der Waals surface area contributed by atoms with Crippen LogP contribution in [0.3, 0.4) is 0 Å². The largest absolute Gasteiger partial charge is 0.444 e. The van der Waals surface area contributed by atoms with E-state index < -0.39 is 56.9 Å². The third-order valence-corrected chi connectivity index (χ3v) is 6.50. The van der Waals surface area contributed by atoms with Crippen LogP contribution in [0.4, 0.5) is 22.4 Å². The highest BCUT2D eigenvalue weighted by molar-refractivity contribution is 6.35.